The predicted octanol–water partition coefficient (Wildman–Crippen LogP) is 3.97. The van der Waals surface area contributed by atoms with Gasteiger partial charge in [0.15, 0.2) is 0 Å². The summed E-state index contributed by atoms with van der Waals surface area (Å²) in [7, 11) is 0. The summed E-state index contributed by atoms with van der Waals surface area (Å²) in [5, 5.41) is 2.19. The fourth-order valence-electron chi connectivity index (χ4n) is 1.28. The molecule has 0 nitrogen and oxygen atoms in total. The molecule has 0 fully saturated rings. The molecule has 0 aliphatic carbocycles. The summed E-state index contributed by atoms with van der Waals surface area (Å²) < 4.78 is 3.12. The van der Waals surface area contributed by atoms with E-state index in [1.165, 1.54) is 17.3 Å². The molecule has 0 spiro atoms. The Morgan fingerprint density at radius 2 is 1.92 bits per heavy atom. The molecule has 0 N–H and O–H groups in total. The Balaban J connectivity index is 2.36. The van der Waals surface area contributed by atoms with Gasteiger partial charge in [-0.3, -0.25) is 0 Å². The van der Waals surface area contributed by atoms with Gasteiger partial charge < -0.3 is 0 Å². The van der Waals surface area contributed by atoms with Crippen molar-refractivity contribution >= 4 is 53.6 Å². The van der Waals surface area contributed by atoms with Gasteiger partial charge in [0, 0.05) is 0 Å². The first-order chi connectivity index (χ1) is 6.27. The van der Waals surface area contributed by atoms with Gasteiger partial charge in [-0.2, -0.15) is 0 Å². The van der Waals surface area contributed by atoms with E-state index in [0.717, 1.165) is 5.02 Å². The van der Waals surface area contributed by atoms with Gasteiger partial charge in [0.25, 0.3) is 0 Å². The summed E-state index contributed by atoms with van der Waals surface area (Å²) >= 11 is 9.00. The number of hydrogen-bond donors (Lipinski definition) is 0. The average Bonchev–Trinajstić information content (AvgIpc) is 2.53. The molecule has 0 saturated heterocycles. The molecule has 0 amide bonds. The van der Waals surface area contributed by atoms with E-state index in [1.807, 2.05) is 12.1 Å². The maximum absolute atomic E-state index is 5.84. The third-order valence-electron chi connectivity index (χ3n) is 1.92. The molecule has 68 valence electrons. The van der Waals surface area contributed by atoms with Gasteiger partial charge >= 0.3 is 104 Å². The fraction of sp³-hybridized carbons (Fsp3) is 0.200. The molecular weight excluding hydrogens is 361 g/mol. The van der Waals surface area contributed by atoms with Crippen LogP contribution in [0.15, 0.2) is 27.8 Å². The summed E-state index contributed by atoms with van der Waals surface area (Å²) in [5.41, 5.74) is 1.37. The van der Waals surface area contributed by atoms with Crippen molar-refractivity contribution in [3.8, 4) is 0 Å². The molecule has 1 aromatic rings. The maximum atomic E-state index is 5.84. The zero-order valence-electron chi connectivity index (χ0n) is 6.89. The number of hydrogen-bond acceptors (Lipinski definition) is 0. The van der Waals surface area contributed by atoms with Gasteiger partial charge in [-0.05, 0) is 0 Å². The van der Waals surface area contributed by atoms with Crippen LogP contribution in [-0.2, 0) is 0 Å². The van der Waals surface area contributed by atoms with E-state index >= 15 is 0 Å². The van der Waals surface area contributed by atoms with E-state index < -0.39 is 0 Å². The Morgan fingerprint density at radius 3 is 2.46 bits per heavy atom. The minimum atomic E-state index is 0.685. The van der Waals surface area contributed by atoms with Crippen LogP contribution in [0.25, 0.3) is 4.47 Å². The van der Waals surface area contributed by atoms with Crippen molar-refractivity contribution in [2.45, 2.75) is 11.7 Å². The van der Waals surface area contributed by atoms with E-state index in [1.54, 1.807) is 8.05 Å². The van der Waals surface area contributed by atoms with E-state index in [-0.39, 0.29) is 0 Å². The number of allylic oxidation sites excluding steroid dienone is 1. The second-order valence-corrected chi connectivity index (χ2v) is 6.90. The van der Waals surface area contributed by atoms with Crippen LogP contribution < -0.4 is 0 Å². The molecule has 0 atom stereocenters. The molecule has 0 aromatic heterocycles. The molecule has 0 radical (unpaired) electrons. The van der Waals surface area contributed by atoms with Crippen molar-refractivity contribution in [2.75, 3.05) is 0 Å². The van der Waals surface area contributed by atoms with Gasteiger partial charge in [0.2, 0.25) is 0 Å². The van der Waals surface area contributed by atoms with Crippen molar-refractivity contribution in [3.05, 3.63) is 38.4 Å². The van der Waals surface area contributed by atoms with Gasteiger partial charge in [-0.25, -0.2) is 0 Å². The zero-order chi connectivity index (χ0) is 9.26. The van der Waals surface area contributed by atoms with Crippen molar-refractivity contribution < 1.29 is 0 Å². The van der Waals surface area contributed by atoms with E-state index in [0.29, 0.717) is 15.0 Å². The Morgan fingerprint density at radius 1 is 1.23 bits per heavy atom. The molecule has 1 heterocycles. The van der Waals surface area contributed by atoms with Crippen LogP contribution in [0, 0.1) is 0 Å². The average molecular weight is 369 g/mol. The molecule has 1 aromatic carbocycles. The summed E-state index contributed by atoms with van der Waals surface area (Å²) in [4.78, 5) is 0. The standard InChI is InChI=1S/C10H8ClISe/c11-8-3-1-7(2-4-8)10-9(12)5-6-13-10/h1-4H,5-6H2. The first-order valence-electron chi connectivity index (χ1n) is 4.05. The molecule has 0 bridgehead atoms. The van der Waals surface area contributed by atoms with Crippen LogP contribution in [0.3, 0.4) is 0 Å². The number of rotatable bonds is 1. The van der Waals surface area contributed by atoms with Crippen LogP contribution in [-0.4, -0.2) is 15.0 Å². The van der Waals surface area contributed by atoms with Crippen LogP contribution >= 0.6 is 34.2 Å². The Labute approximate surface area is 103 Å². The molecular formula is C10H8ClISe. The second kappa shape index (κ2) is 4.35. The van der Waals surface area contributed by atoms with Crippen molar-refractivity contribution in [2.24, 2.45) is 0 Å². The third kappa shape index (κ3) is 2.30. The summed E-state index contributed by atoms with van der Waals surface area (Å²) in [6, 6.07) is 8.21. The van der Waals surface area contributed by atoms with Gasteiger partial charge in [-0.15, -0.1) is 0 Å². The van der Waals surface area contributed by atoms with Gasteiger partial charge in [0.1, 0.15) is 0 Å². The molecule has 0 unspecified atom stereocenters. The molecule has 3 heteroatoms. The van der Waals surface area contributed by atoms with Crippen molar-refractivity contribution in [1.29, 1.82) is 0 Å². The molecule has 13 heavy (non-hydrogen) atoms. The van der Waals surface area contributed by atoms with Gasteiger partial charge in [0.05, 0.1) is 0 Å². The first kappa shape index (κ1) is 10.0. The van der Waals surface area contributed by atoms with Crippen LogP contribution in [0.2, 0.25) is 10.3 Å². The second-order valence-electron chi connectivity index (χ2n) is 2.84. The first-order valence-corrected chi connectivity index (χ1v) is 7.57. The quantitative estimate of drug-likeness (QED) is 0.519. The van der Waals surface area contributed by atoms with E-state index in [2.05, 4.69) is 34.7 Å². The molecule has 1 aliphatic rings. The Bertz CT molecular complexity index is 342. The minimum absolute atomic E-state index is 0.685. The SMILES string of the molecule is Clc1ccc(C2=C(I)CC[Se]2)cc1. The van der Waals surface area contributed by atoms with Crippen LogP contribution in [0.4, 0.5) is 0 Å². The van der Waals surface area contributed by atoms with Gasteiger partial charge in [-0.1, -0.05) is 0 Å². The monoisotopic (exact) mass is 370 g/mol. The summed E-state index contributed by atoms with van der Waals surface area (Å²) in [6.45, 7) is 0. The summed E-state index contributed by atoms with van der Waals surface area (Å²) in [6.07, 6.45) is 1.28. The van der Waals surface area contributed by atoms with Crippen molar-refractivity contribution in [3.63, 3.8) is 0 Å². The number of benzene rings is 1. The molecule has 0 saturated carbocycles. The zero-order valence-corrected chi connectivity index (χ0v) is 11.5. The summed E-state index contributed by atoms with van der Waals surface area (Å²) in [5.74, 6) is 0. The third-order valence-corrected chi connectivity index (χ3v) is 6.55. The van der Waals surface area contributed by atoms with Crippen LogP contribution in [0.5, 0.6) is 0 Å². The molecule has 1 aliphatic heterocycles. The Hall–Kier alpha value is 0.499. The predicted molar refractivity (Wildman–Crippen MR) is 67.6 cm³/mol. The van der Waals surface area contributed by atoms with Crippen LogP contribution in [0.1, 0.15) is 12.0 Å². The van der Waals surface area contributed by atoms with E-state index in [4.69, 9.17) is 11.6 Å². The fourth-order valence-corrected chi connectivity index (χ4v) is 5.86. The molecule has 2 rings (SSSR count). The topological polar surface area (TPSA) is 0 Å². The Kier molecular flexibility index (Phi) is 3.35. The van der Waals surface area contributed by atoms with E-state index in [9.17, 15) is 0 Å². The number of halogens is 2. The van der Waals surface area contributed by atoms with Crippen molar-refractivity contribution in [1.82, 2.24) is 0 Å². The normalized spacial score (nSPS) is 16.8.